The summed E-state index contributed by atoms with van der Waals surface area (Å²) in [4.78, 5) is 0. The fourth-order valence-corrected chi connectivity index (χ4v) is 26.4. The van der Waals surface area contributed by atoms with Gasteiger partial charge in [-0.1, -0.05) is 118 Å². The van der Waals surface area contributed by atoms with Crippen molar-refractivity contribution in [2.75, 3.05) is 6.54 Å². The van der Waals surface area contributed by atoms with Crippen LogP contribution >= 0.6 is 0 Å². The van der Waals surface area contributed by atoms with Crippen molar-refractivity contribution in [1.29, 1.82) is 0 Å². The van der Waals surface area contributed by atoms with E-state index in [1.807, 2.05) is 0 Å². The molecule has 3 nitrogen and oxygen atoms in total. The second kappa shape index (κ2) is 12.9. The molecule has 0 spiro atoms. The lowest BCUT2D eigenvalue weighted by atomic mass is 10.3. The van der Waals surface area contributed by atoms with Crippen LogP contribution in [0.5, 0.6) is 0 Å². The molecule has 0 saturated carbocycles. The van der Waals surface area contributed by atoms with E-state index in [-0.39, 0.29) is 0 Å². The van der Waals surface area contributed by atoms with E-state index in [1.54, 1.807) is 0 Å². The predicted octanol–water partition coefficient (Wildman–Crippen LogP) is 8.46. The minimum Gasteiger partial charge on any atom is -0.320 e. The lowest BCUT2D eigenvalue weighted by molar-refractivity contribution is 0.220. The molecule has 0 aliphatic carbocycles. The first-order chi connectivity index (χ1) is 14.5. The molecule has 194 valence electrons. The maximum absolute atomic E-state index is 3.30. The van der Waals surface area contributed by atoms with E-state index in [2.05, 4.69) is 131 Å². The maximum atomic E-state index is 3.30. The summed E-state index contributed by atoms with van der Waals surface area (Å²) >= 11 is 0. The maximum Gasteiger partial charge on any atom is 0.206 e. The molecule has 0 aliphatic rings. The van der Waals surface area contributed by atoms with Crippen LogP contribution in [0.2, 0.25) is 22.2 Å². The molecule has 0 fully saturated rings. The first-order valence-corrected chi connectivity index (χ1v) is 17.9. The molecule has 32 heavy (non-hydrogen) atoms. The van der Waals surface area contributed by atoms with Crippen LogP contribution in [0.25, 0.3) is 0 Å². The van der Waals surface area contributed by atoms with Gasteiger partial charge in [0.25, 0.3) is 0 Å². The first kappa shape index (κ1) is 32.3. The molecule has 0 aromatic heterocycles. The Balaban J connectivity index is 7.79. The summed E-state index contributed by atoms with van der Waals surface area (Å²) in [5, 5.41) is 0. The molecule has 0 heterocycles. The molecule has 0 atom stereocenters. The Hall–Kier alpha value is 0.314. The van der Waals surface area contributed by atoms with Crippen molar-refractivity contribution in [2.45, 2.75) is 170 Å². The highest BCUT2D eigenvalue weighted by Gasteiger charge is 2.63. The topological polar surface area (TPSA) is 9.72 Å². The lowest BCUT2D eigenvalue weighted by Crippen LogP contribution is -2.84. The highest BCUT2D eigenvalue weighted by molar-refractivity contribution is 6.92. The molecule has 0 aromatic carbocycles. The number of rotatable bonds is 14. The third-order valence-corrected chi connectivity index (χ3v) is 22.6. The molecule has 0 amide bonds. The van der Waals surface area contributed by atoms with E-state index in [1.165, 1.54) is 13.0 Å². The van der Waals surface area contributed by atoms with Crippen molar-refractivity contribution >= 4 is 16.8 Å². The average molecular weight is 486 g/mol. The van der Waals surface area contributed by atoms with Crippen LogP contribution in [0.4, 0.5) is 0 Å². The highest BCUT2D eigenvalue weighted by Crippen LogP contribution is 2.50. The summed E-state index contributed by atoms with van der Waals surface area (Å²) in [7, 11) is -4.17. The first-order valence-electron chi connectivity index (χ1n) is 13.8. The molecule has 0 aliphatic heterocycles. The third-order valence-electron chi connectivity index (χ3n) is 7.76. The van der Waals surface area contributed by atoms with Gasteiger partial charge in [-0.15, -0.1) is 0 Å². The highest BCUT2D eigenvalue weighted by atomic mass is 28.4. The second-order valence-corrected chi connectivity index (χ2v) is 22.8. The largest absolute Gasteiger partial charge is 0.320 e. The summed E-state index contributed by atoms with van der Waals surface area (Å²) in [6, 6.07) is 2.23. The predicted molar refractivity (Wildman–Crippen MR) is 153 cm³/mol. The molecule has 0 rings (SSSR count). The number of hydrogen-bond donors (Lipinski definition) is 0. The van der Waals surface area contributed by atoms with Crippen LogP contribution in [-0.4, -0.2) is 60.9 Å². The smallest absolute Gasteiger partial charge is 0.206 e. The Morgan fingerprint density at radius 2 is 0.656 bits per heavy atom. The van der Waals surface area contributed by atoms with Gasteiger partial charge >= 0.3 is 0 Å². The molecule has 0 bridgehead atoms. The van der Waals surface area contributed by atoms with E-state index in [0.717, 1.165) is 0 Å². The zero-order valence-corrected chi connectivity index (χ0v) is 27.4. The minimum absolute atomic E-state index is 0.559. The van der Waals surface area contributed by atoms with Crippen molar-refractivity contribution in [1.82, 2.24) is 13.4 Å². The van der Waals surface area contributed by atoms with Crippen molar-refractivity contribution in [3.8, 4) is 0 Å². The fraction of sp³-hybridized carbons (Fsp3) is 1.00. The zero-order chi connectivity index (χ0) is 25.8. The molecule has 0 unspecified atom stereocenters. The van der Waals surface area contributed by atoms with Gasteiger partial charge in [-0.25, -0.2) is 0 Å². The van der Waals surface area contributed by atoms with Gasteiger partial charge in [0.05, 0.1) is 0 Å². The minimum atomic E-state index is -2.08. The lowest BCUT2D eigenvalue weighted by Gasteiger charge is -2.67. The van der Waals surface area contributed by atoms with Gasteiger partial charge in [0.1, 0.15) is 0 Å². The fourth-order valence-electron chi connectivity index (χ4n) is 7.77. The molecule has 0 saturated heterocycles. The SMILES string of the molecule is CCCN([Si](C(C)C)(C(C)C)N(C(C)C)C(C)C)[Si](C(C)C)(C(C)C)N(C(C)C)C(C)C. The van der Waals surface area contributed by atoms with Crippen LogP contribution in [0.15, 0.2) is 0 Å². The molecule has 0 radical (unpaired) electrons. The van der Waals surface area contributed by atoms with Gasteiger partial charge in [0.2, 0.25) is 16.8 Å². The van der Waals surface area contributed by atoms with E-state index in [4.69, 9.17) is 0 Å². The third kappa shape index (κ3) is 5.75. The van der Waals surface area contributed by atoms with Crippen LogP contribution in [-0.2, 0) is 0 Å². The molecule has 0 aromatic rings. The van der Waals surface area contributed by atoms with Crippen LogP contribution in [0.3, 0.4) is 0 Å². The van der Waals surface area contributed by atoms with Gasteiger partial charge in [-0.3, -0.25) is 0 Å². The molecular weight excluding hydrogens is 422 g/mol. The molecule has 0 N–H and O–H groups in total. The Labute approximate surface area is 207 Å². The van der Waals surface area contributed by atoms with Crippen molar-refractivity contribution < 1.29 is 0 Å². The summed E-state index contributed by atoms with van der Waals surface area (Å²) < 4.78 is 9.36. The van der Waals surface area contributed by atoms with Crippen LogP contribution in [0, 0.1) is 0 Å². The summed E-state index contributed by atoms with van der Waals surface area (Å²) in [5.74, 6) is 0. The molecular formula is C27H63N3Si2. The number of hydrogen-bond acceptors (Lipinski definition) is 3. The summed E-state index contributed by atoms with van der Waals surface area (Å²) in [5.41, 5.74) is 2.68. The Morgan fingerprint density at radius 1 is 0.438 bits per heavy atom. The van der Waals surface area contributed by atoms with E-state index >= 15 is 0 Å². The van der Waals surface area contributed by atoms with E-state index < -0.39 is 16.8 Å². The summed E-state index contributed by atoms with van der Waals surface area (Å²) in [6.07, 6.45) is 1.23. The van der Waals surface area contributed by atoms with Gasteiger partial charge in [0.15, 0.2) is 0 Å². The van der Waals surface area contributed by atoms with Crippen LogP contribution in [0.1, 0.15) is 124 Å². The van der Waals surface area contributed by atoms with Gasteiger partial charge in [-0.2, -0.15) is 0 Å². The van der Waals surface area contributed by atoms with E-state index in [0.29, 0.717) is 46.3 Å². The van der Waals surface area contributed by atoms with Gasteiger partial charge in [-0.05, 0) is 59.3 Å². The Kier molecular flexibility index (Phi) is 13.0. The van der Waals surface area contributed by atoms with Gasteiger partial charge in [0, 0.05) is 0 Å². The Bertz CT molecular complexity index is 451. The molecule has 5 heteroatoms. The average Bonchev–Trinajstić information content (AvgIpc) is 2.59. The second-order valence-electron chi connectivity index (χ2n) is 12.5. The van der Waals surface area contributed by atoms with Crippen molar-refractivity contribution in [2.24, 2.45) is 0 Å². The monoisotopic (exact) mass is 485 g/mol. The normalized spacial score (nSPS) is 14.6. The van der Waals surface area contributed by atoms with Gasteiger partial charge < -0.3 is 13.4 Å². The standard InChI is InChI=1S/C27H63N3Si2/c1-18-19-28(31(24(10)11,25(12)13)29(20(2)3)21(4)5)32(26(14)15,27(16)17)30(22(6)7)23(8)9/h20-27H,18-19H2,1-17H3. The number of nitrogens with zero attached hydrogens (tertiary/aromatic N) is 3. The van der Waals surface area contributed by atoms with Crippen LogP contribution < -0.4 is 0 Å². The van der Waals surface area contributed by atoms with E-state index in [9.17, 15) is 0 Å². The summed E-state index contributed by atoms with van der Waals surface area (Å²) in [6.45, 7) is 43.7. The van der Waals surface area contributed by atoms with Crippen molar-refractivity contribution in [3.05, 3.63) is 0 Å². The quantitative estimate of drug-likeness (QED) is 0.228. The zero-order valence-electron chi connectivity index (χ0n) is 25.4. The van der Waals surface area contributed by atoms with Crippen molar-refractivity contribution in [3.63, 3.8) is 0 Å². The Morgan fingerprint density at radius 3 is 0.781 bits per heavy atom.